The molecule has 0 bridgehead atoms. The van der Waals surface area contributed by atoms with E-state index in [1.54, 1.807) is 0 Å². The van der Waals surface area contributed by atoms with E-state index in [0.29, 0.717) is 0 Å². The molecule has 0 aromatic rings. The van der Waals surface area contributed by atoms with Crippen molar-refractivity contribution in [3.63, 3.8) is 0 Å². The van der Waals surface area contributed by atoms with Gasteiger partial charge in [-0.25, -0.2) is 0 Å². The molecule has 1 unspecified atom stereocenters. The normalized spacial score (nSPS) is 10.2. The van der Waals surface area contributed by atoms with Crippen LogP contribution in [0.2, 0.25) is 0 Å². The molecule has 1 atom stereocenters. The van der Waals surface area contributed by atoms with Gasteiger partial charge in [0.25, 0.3) is 0 Å². The van der Waals surface area contributed by atoms with Gasteiger partial charge in [0.1, 0.15) is 0 Å². The molecule has 0 aromatic heterocycles. The monoisotopic (exact) mass is 146 g/mol. The molecule has 0 aliphatic carbocycles. The third kappa shape index (κ3) is 9.82. The van der Waals surface area contributed by atoms with Gasteiger partial charge in [-0.15, -0.1) is 0 Å². The van der Waals surface area contributed by atoms with Crippen LogP contribution in [0.5, 0.6) is 0 Å². The van der Waals surface area contributed by atoms with Crippen LogP contribution in [0, 0.1) is 0 Å². The Balaban J connectivity index is -0.000000125. The number of carbonyl (C=O) groups is 1. The first-order chi connectivity index (χ1) is 2.64. The molecule has 44 valence electrons. The van der Waals surface area contributed by atoms with Crippen LogP contribution in [0.15, 0.2) is 0 Å². The van der Waals surface area contributed by atoms with E-state index in [2.05, 4.69) is 0 Å². The molecular formula is C3H6CaO4. The van der Waals surface area contributed by atoms with E-state index >= 15 is 0 Å². The Morgan fingerprint density at radius 1 is 1.62 bits per heavy atom. The van der Waals surface area contributed by atoms with Crippen molar-refractivity contribution in [1.82, 2.24) is 0 Å². The van der Waals surface area contributed by atoms with Gasteiger partial charge in [-0.1, -0.05) is 13.0 Å². The molecule has 0 aliphatic heterocycles. The third-order valence-electron chi connectivity index (χ3n) is 0.332. The Hall–Kier alpha value is 0.650. The molecule has 0 rings (SSSR count). The maximum Gasteiger partial charge on any atom is 2.00 e. The molecule has 0 aliphatic rings. The van der Waals surface area contributed by atoms with Crippen LogP contribution in [-0.4, -0.2) is 55.3 Å². The summed E-state index contributed by atoms with van der Waals surface area (Å²) in [5.41, 5.74) is 0. The summed E-state index contributed by atoms with van der Waals surface area (Å²) in [6, 6.07) is 0. The van der Waals surface area contributed by atoms with Gasteiger partial charge in [0.2, 0.25) is 0 Å². The van der Waals surface area contributed by atoms with Crippen molar-refractivity contribution < 1.29 is 20.5 Å². The Morgan fingerprint density at radius 2 is 1.75 bits per heavy atom. The Bertz CT molecular complexity index is 62.3. The first-order valence-corrected chi connectivity index (χ1v) is 1.51. The topological polar surface area (TPSA) is 94.7 Å². The molecule has 0 spiro atoms. The summed E-state index contributed by atoms with van der Waals surface area (Å²) >= 11 is 0. The number of hydrogen-bond donors (Lipinski definition) is 0. The quantitative estimate of drug-likeness (QED) is 0.356. The zero-order chi connectivity index (χ0) is 5.15. The molecule has 2 N–H and O–H groups in total. The molecule has 0 amide bonds. The maximum absolute atomic E-state index is 9.56. The summed E-state index contributed by atoms with van der Waals surface area (Å²) in [5, 5.41) is 18.8. The zero-order valence-corrected chi connectivity index (χ0v) is 6.72. The van der Waals surface area contributed by atoms with E-state index in [1.165, 1.54) is 0 Å². The van der Waals surface area contributed by atoms with Crippen LogP contribution in [-0.2, 0) is 4.79 Å². The van der Waals surface area contributed by atoms with Gasteiger partial charge >= 0.3 is 37.7 Å². The largest absolute Gasteiger partial charge is 2.00 e. The molecule has 4 nitrogen and oxygen atoms in total. The van der Waals surface area contributed by atoms with Crippen molar-refractivity contribution in [2.45, 2.75) is 13.0 Å². The molecule has 0 aromatic carbocycles. The van der Waals surface area contributed by atoms with Gasteiger partial charge < -0.3 is 20.5 Å². The third-order valence-corrected chi connectivity index (χ3v) is 0.332. The minimum atomic E-state index is -1.59. The van der Waals surface area contributed by atoms with E-state index in [4.69, 9.17) is 0 Å². The fourth-order valence-electron chi connectivity index (χ4n) is 0. The molecule has 8 heavy (non-hydrogen) atoms. The van der Waals surface area contributed by atoms with Crippen molar-refractivity contribution in [3.05, 3.63) is 0 Å². The second-order valence-corrected chi connectivity index (χ2v) is 0.961. The predicted molar refractivity (Wildman–Crippen MR) is 23.8 cm³/mol. The van der Waals surface area contributed by atoms with Crippen LogP contribution >= 0.6 is 0 Å². The van der Waals surface area contributed by atoms with Crippen LogP contribution in [0.3, 0.4) is 0 Å². The first-order valence-electron chi connectivity index (χ1n) is 1.51. The van der Waals surface area contributed by atoms with Gasteiger partial charge in [-0.3, -0.25) is 0 Å². The van der Waals surface area contributed by atoms with E-state index in [-0.39, 0.29) is 43.2 Å². The number of hydrogen-bond acceptors (Lipinski definition) is 3. The Labute approximate surface area is 76.8 Å². The Morgan fingerprint density at radius 3 is 1.75 bits per heavy atom. The summed E-state index contributed by atoms with van der Waals surface area (Å²) in [6.07, 6.45) is -1.59. The van der Waals surface area contributed by atoms with E-state index < -0.39 is 12.1 Å². The van der Waals surface area contributed by atoms with Crippen molar-refractivity contribution >= 4 is 43.7 Å². The second kappa shape index (κ2) is 7.65. The molecule has 0 saturated carbocycles. The van der Waals surface area contributed by atoms with Gasteiger partial charge in [-0.05, 0) is 0 Å². The Kier molecular flexibility index (Phi) is 15.2. The second-order valence-electron chi connectivity index (χ2n) is 0.961. The summed E-state index contributed by atoms with van der Waals surface area (Å²) in [4.78, 5) is 9.28. The molecule has 0 heterocycles. The SMILES string of the molecule is CC([O-])C(=O)[O-].O.[Ca+2]. The molecule has 0 saturated heterocycles. The van der Waals surface area contributed by atoms with Crippen molar-refractivity contribution in [2.24, 2.45) is 0 Å². The van der Waals surface area contributed by atoms with Gasteiger partial charge in [0.15, 0.2) is 0 Å². The average Bonchev–Trinajstić information content (AvgIpc) is 1.36. The summed E-state index contributed by atoms with van der Waals surface area (Å²) in [5.74, 6) is -1.55. The van der Waals surface area contributed by atoms with Crippen LogP contribution in [0.4, 0.5) is 0 Å². The summed E-state index contributed by atoms with van der Waals surface area (Å²) in [6.45, 7) is 1.02. The molecule has 0 fully saturated rings. The van der Waals surface area contributed by atoms with Crippen LogP contribution in [0.25, 0.3) is 0 Å². The minimum Gasteiger partial charge on any atom is -0.848 e. The molecule has 0 radical (unpaired) electrons. The number of carbonyl (C=O) groups excluding carboxylic acids is 1. The standard InChI is InChI=1S/C3H5O3.Ca.H2O/c1-2(4)3(5)6;;/h2H,1H3,(H,5,6);;1H2/q-1;+2;/p-1. The van der Waals surface area contributed by atoms with Crippen LogP contribution in [0.1, 0.15) is 6.92 Å². The fraction of sp³-hybridized carbons (Fsp3) is 0.667. The van der Waals surface area contributed by atoms with Crippen molar-refractivity contribution in [1.29, 1.82) is 0 Å². The number of aliphatic carboxylic acids is 1. The summed E-state index contributed by atoms with van der Waals surface area (Å²) < 4.78 is 0. The number of rotatable bonds is 1. The van der Waals surface area contributed by atoms with Crippen molar-refractivity contribution in [3.8, 4) is 0 Å². The number of carboxylic acids is 1. The van der Waals surface area contributed by atoms with Crippen LogP contribution < -0.4 is 10.2 Å². The van der Waals surface area contributed by atoms with Gasteiger partial charge in [0, 0.05) is 5.97 Å². The maximum atomic E-state index is 9.56. The van der Waals surface area contributed by atoms with E-state index in [9.17, 15) is 15.0 Å². The average molecular weight is 146 g/mol. The van der Waals surface area contributed by atoms with Gasteiger partial charge in [0.05, 0.1) is 0 Å². The van der Waals surface area contributed by atoms with E-state index in [0.717, 1.165) is 6.92 Å². The van der Waals surface area contributed by atoms with Crippen molar-refractivity contribution in [2.75, 3.05) is 0 Å². The predicted octanol–water partition coefficient (Wildman–Crippen LogP) is -3.72. The van der Waals surface area contributed by atoms with E-state index in [1.807, 2.05) is 0 Å². The summed E-state index contributed by atoms with van der Waals surface area (Å²) in [7, 11) is 0. The smallest absolute Gasteiger partial charge is 0.848 e. The number of carboxylic acid groups (broad SMARTS) is 1. The fourth-order valence-corrected chi connectivity index (χ4v) is 0. The molecular weight excluding hydrogens is 140 g/mol. The molecule has 5 heteroatoms. The zero-order valence-electron chi connectivity index (χ0n) is 4.51. The van der Waals surface area contributed by atoms with Gasteiger partial charge in [-0.2, -0.15) is 0 Å². The first kappa shape index (κ1) is 15.9. The minimum absolute atomic E-state index is 0.